The highest BCUT2D eigenvalue weighted by Crippen LogP contribution is 2.22. The summed E-state index contributed by atoms with van der Waals surface area (Å²) in [4.78, 5) is 11.8. The smallest absolute Gasteiger partial charge is 0.277 e. The summed E-state index contributed by atoms with van der Waals surface area (Å²) in [6.45, 7) is 2.49. The van der Waals surface area contributed by atoms with Crippen LogP contribution in [0.2, 0.25) is 0 Å². The van der Waals surface area contributed by atoms with E-state index in [1.165, 1.54) is 17.3 Å². The predicted molar refractivity (Wildman–Crippen MR) is 94.1 cm³/mol. The summed E-state index contributed by atoms with van der Waals surface area (Å²) >= 11 is 1.23. The number of hydrogen-bond donors (Lipinski definition) is 1. The first-order valence-electron chi connectivity index (χ1n) is 8.00. The second-order valence-corrected chi connectivity index (χ2v) is 6.55. The lowest BCUT2D eigenvalue weighted by molar-refractivity contribution is -0.118. The lowest BCUT2D eigenvalue weighted by atomic mass is 9.98. The van der Waals surface area contributed by atoms with Crippen LogP contribution >= 0.6 is 11.8 Å². The van der Waals surface area contributed by atoms with Crippen molar-refractivity contribution in [3.63, 3.8) is 0 Å². The van der Waals surface area contributed by atoms with E-state index < -0.39 is 0 Å². The van der Waals surface area contributed by atoms with Crippen LogP contribution in [0, 0.1) is 0 Å². The van der Waals surface area contributed by atoms with Gasteiger partial charge in [0.2, 0.25) is 11.8 Å². The summed E-state index contributed by atoms with van der Waals surface area (Å²) in [6.07, 6.45) is 2.24. The van der Waals surface area contributed by atoms with Crippen LogP contribution in [0.4, 0.5) is 0 Å². The van der Waals surface area contributed by atoms with Crippen molar-refractivity contribution in [1.82, 2.24) is 15.5 Å². The van der Waals surface area contributed by atoms with Crippen LogP contribution in [0.5, 0.6) is 0 Å². The second kappa shape index (κ2) is 8.53. The summed E-state index contributed by atoms with van der Waals surface area (Å²) in [5.74, 6) is 1.69. The molecule has 25 heavy (non-hydrogen) atoms. The topological polar surface area (TPSA) is 81.2 Å². The summed E-state index contributed by atoms with van der Waals surface area (Å²) in [7, 11) is 0. The third-order valence-corrected chi connectivity index (χ3v) is 4.48. The van der Waals surface area contributed by atoms with E-state index in [-0.39, 0.29) is 17.6 Å². The highest BCUT2D eigenvalue weighted by Gasteiger charge is 2.13. The van der Waals surface area contributed by atoms with Crippen LogP contribution in [0.25, 0.3) is 0 Å². The van der Waals surface area contributed by atoms with Gasteiger partial charge in [0, 0.05) is 6.42 Å². The van der Waals surface area contributed by atoms with E-state index in [1.54, 1.807) is 12.3 Å². The van der Waals surface area contributed by atoms with Gasteiger partial charge >= 0.3 is 0 Å². The first kappa shape index (κ1) is 17.3. The minimum Gasteiger partial charge on any atom is -0.467 e. The molecule has 0 spiro atoms. The molecule has 0 saturated heterocycles. The predicted octanol–water partition coefficient (Wildman–Crippen LogP) is 3.42. The molecule has 1 amide bonds. The zero-order valence-corrected chi connectivity index (χ0v) is 14.7. The highest BCUT2D eigenvalue weighted by atomic mass is 32.2. The minimum absolute atomic E-state index is 0.112. The van der Waals surface area contributed by atoms with Crippen molar-refractivity contribution in [3.8, 4) is 0 Å². The number of benzene rings is 1. The van der Waals surface area contributed by atoms with Gasteiger partial charge in [0.05, 0.1) is 18.6 Å². The fraction of sp³-hybridized carbons (Fsp3) is 0.278. The minimum atomic E-state index is -0.112. The number of carbonyl (C=O) groups excluding carboxylic acids is 1. The fourth-order valence-corrected chi connectivity index (χ4v) is 2.93. The summed E-state index contributed by atoms with van der Waals surface area (Å²) in [5, 5.41) is 11.2. The van der Waals surface area contributed by atoms with E-state index in [1.807, 2.05) is 24.3 Å². The molecule has 0 aliphatic rings. The third kappa shape index (κ3) is 5.22. The maximum atomic E-state index is 11.8. The molecule has 1 unspecified atom stereocenters. The van der Waals surface area contributed by atoms with Crippen molar-refractivity contribution in [2.75, 3.05) is 5.75 Å². The van der Waals surface area contributed by atoms with Gasteiger partial charge in [-0.25, -0.2) is 0 Å². The van der Waals surface area contributed by atoms with Gasteiger partial charge in [0.25, 0.3) is 5.22 Å². The van der Waals surface area contributed by atoms with Crippen molar-refractivity contribution in [1.29, 1.82) is 0 Å². The molecule has 3 aromatic rings. The van der Waals surface area contributed by atoms with Gasteiger partial charge in [-0.1, -0.05) is 49.0 Å². The third-order valence-electron chi connectivity index (χ3n) is 3.66. The molecular formula is C18H19N3O3S. The Hall–Kier alpha value is -2.54. The zero-order valence-electron chi connectivity index (χ0n) is 13.8. The van der Waals surface area contributed by atoms with Crippen LogP contribution in [0.15, 0.2) is 62.8 Å². The average Bonchev–Trinajstić information content (AvgIpc) is 3.31. The van der Waals surface area contributed by atoms with E-state index in [4.69, 9.17) is 8.83 Å². The maximum absolute atomic E-state index is 11.8. The molecular weight excluding hydrogens is 338 g/mol. The number of hydrogen-bond acceptors (Lipinski definition) is 6. The number of furan rings is 1. The molecule has 6 nitrogen and oxygen atoms in total. The Morgan fingerprint density at radius 3 is 2.80 bits per heavy atom. The van der Waals surface area contributed by atoms with Crippen molar-refractivity contribution >= 4 is 17.7 Å². The molecule has 3 rings (SSSR count). The van der Waals surface area contributed by atoms with Gasteiger partial charge in [-0.3, -0.25) is 4.79 Å². The highest BCUT2D eigenvalue weighted by molar-refractivity contribution is 7.99. The molecule has 1 aromatic carbocycles. The van der Waals surface area contributed by atoms with Crippen molar-refractivity contribution in [2.24, 2.45) is 0 Å². The van der Waals surface area contributed by atoms with Gasteiger partial charge in [0.1, 0.15) is 5.76 Å². The molecule has 0 fully saturated rings. The monoisotopic (exact) mass is 357 g/mol. The fourth-order valence-electron chi connectivity index (χ4n) is 2.32. The first-order chi connectivity index (χ1) is 12.2. The molecule has 1 atom stereocenters. The Balaban J connectivity index is 1.44. The van der Waals surface area contributed by atoms with E-state index in [2.05, 4.69) is 34.6 Å². The van der Waals surface area contributed by atoms with E-state index >= 15 is 0 Å². The molecule has 0 radical (unpaired) electrons. The van der Waals surface area contributed by atoms with Crippen molar-refractivity contribution in [3.05, 3.63) is 65.9 Å². The van der Waals surface area contributed by atoms with Gasteiger partial charge in [-0.05, 0) is 23.6 Å². The van der Waals surface area contributed by atoms with Crippen LogP contribution in [-0.2, 0) is 17.8 Å². The molecule has 1 N–H and O–H groups in total. The maximum Gasteiger partial charge on any atom is 0.277 e. The molecule has 130 valence electrons. The second-order valence-electron chi connectivity index (χ2n) is 5.62. The lowest BCUT2D eigenvalue weighted by Gasteiger charge is -2.08. The Kier molecular flexibility index (Phi) is 5.90. The van der Waals surface area contributed by atoms with Crippen LogP contribution in [-0.4, -0.2) is 21.9 Å². The molecule has 0 aliphatic heterocycles. The molecule has 0 saturated carbocycles. The molecule has 0 aliphatic carbocycles. The molecule has 2 heterocycles. The van der Waals surface area contributed by atoms with Crippen molar-refractivity contribution < 1.29 is 13.6 Å². The summed E-state index contributed by atoms with van der Waals surface area (Å²) in [5.41, 5.74) is 1.23. The number of nitrogens with one attached hydrogen (secondary N) is 1. The number of carbonyl (C=O) groups is 1. The van der Waals surface area contributed by atoms with Crippen molar-refractivity contribution in [2.45, 2.75) is 31.0 Å². The van der Waals surface area contributed by atoms with E-state index in [0.717, 1.165) is 0 Å². The van der Waals surface area contributed by atoms with E-state index in [9.17, 15) is 4.79 Å². The Bertz CT molecular complexity index is 787. The van der Waals surface area contributed by atoms with Gasteiger partial charge in [-0.15, -0.1) is 10.2 Å². The van der Waals surface area contributed by atoms with Crippen LogP contribution in [0.3, 0.4) is 0 Å². The SMILES string of the molecule is CC(Cc1nnc(SCC(=O)NCc2ccco2)o1)c1ccccc1. The quantitative estimate of drug-likeness (QED) is 0.622. The molecule has 7 heteroatoms. The van der Waals surface area contributed by atoms with Crippen LogP contribution < -0.4 is 5.32 Å². The number of amides is 1. The Morgan fingerprint density at radius 2 is 2.04 bits per heavy atom. The molecule has 0 bridgehead atoms. The first-order valence-corrected chi connectivity index (χ1v) is 8.98. The molecule has 2 aromatic heterocycles. The Morgan fingerprint density at radius 1 is 1.20 bits per heavy atom. The number of nitrogens with zero attached hydrogens (tertiary/aromatic N) is 2. The van der Waals surface area contributed by atoms with Gasteiger partial charge in [-0.2, -0.15) is 0 Å². The Labute approximate surface area is 150 Å². The van der Waals surface area contributed by atoms with Gasteiger partial charge < -0.3 is 14.2 Å². The lowest BCUT2D eigenvalue weighted by Crippen LogP contribution is -2.24. The van der Waals surface area contributed by atoms with Crippen LogP contribution in [0.1, 0.15) is 30.1 Å². The van der Waals surface area contributed by atoms with Gasteiger partial charge in [0.15, 0.2) is 0 Å². The number of aromatic nitrogens is 2. The summed E-state index contributed by atoms with van der Waals surface area (Å²) in [6, 6.07) is 13.8. The zero-order chi connectivity index (χ0) is 17.5. The average molecular weight is 357 g/mol. The number of rotatable bonds is 8. The normalized spacial score (nSPS) is 12.0. The standard InChI is InChI=1S/C18H19N3O3S/c1-13(14-6-3-2-4-7-14)10-17-20-21-18(24-17)25-12-16(22)19-11-15-8-5-9-23-15/h2-9,13H,10-12H2,1H3,(H,19,22). The largest absolute Gasteiger partial charge is 0.467 e. The van der Waals surface area contributed by atoms with E-state index in [0.29, 0.717) is 29.8 Å². The number of thioether (sulfide) groups is 1. The summed E-state index contributed by atoms with van der Waals surface area (Å²) < 4.78 is 10.8.